The first-order chi connectivity index (χ1) is 22.8. The summed E-state index contributed by atoms with van der Waals surface area (Å²) < 4.78 is 9.18. The van der Waals surface area contributed by atoms with E-state index in [-0.39, 0.29) is 0 Å². The minimum absolute atomic E-state index is 0.887. The van der Waals surface area contributed by atoms with Crippen molar-refractivity contribution in [3.63, 3.8) is 0 Å². The van der Waals surface area contributed by atoms with Crippen LogP contribution in [0.1, 0.15) is 25.2 Å². The van der Waals surface area contributed by atoms with Crippen LogP contribution in [0.5, 0.6) is 0 Å². The molecule has 220 valence electrons. The van der Waals surface area contributed by atoms with Crippen molar-refractivity contribution < 1.29 is 4.42 Å². The van der Waals surface area contributed by atoms with Crippen molar-refractivity contribution in [2.45, 2.75) is 20.3 Å². The van der Waals surface area contributed by atoms with Crippen molar-refractivity contribution in [1.29, 1.82) is 0 Å². The first-order valence-corrected chi connectivity index (χ1v) is 16.1. The van der Waals surface area contributed by atoms with Crippen molar-refractivity contribution in [2.75, 3.05) is 5.01 Å². The van der Waals surface area contributed by atoms with Crippen LogP contribution in [0, 0.1) is 0 Å². The first kappa shape index (κ1) is 26.6. The van der Waals surface area contributed by atoms with Gasteiger partial charge in [-0.1, -0.05) is 122 Å². The van der Waals surface area contributed by atoms with Crippen LogP contribution in [-0.4, -0.2) is 4.68 Å². The van der Waals surface area contributed by atoms with E-state index in [1.807, 2.05) is 6.92 Å². The minimum atomic E-state index is 0.887. The van der Waals surface area contributed by atoms with Gasteiger partial charge in [-0.2, -0.15) is 0 Å². The van der Waals surface area contributed by atoms with Crippen molar-refractivity contribution in [2.24, 2.45) is 0 Å². The fourth-order valence-electron chi connectivity index (χ4n) is 7.47. The highest BCUT2D eigenvalue weighted by molar-refractivity contribution is 6.28. The van der Waals surface area contributed by atoms with Gasteiger partial charge in [0.1, 0.15) is 11.4 Å². The lowest BCUT2D eigenvalue weighted by atomic mass is 9.95. The molecule has 0 saturated heterocycles. The molecule has 0 aliphatic heterocycles. The predicted molar refractivity (Wildman–Crippen MR) is 196 cm³/mol. The predicted octanol–water partition coefficient (Wildman–Crippen LogP) is 12.2. The molecular formula is C43H32N2O. The molecule has 2 heterocycles. The second kappa shape index (κ2) is 10.4. The summed E-state index contributed by atoms with van der Waals surface area (Å²) in [6, 6.07) is 48.4. The Morgan fingerprint density at radius 2 is 1.30 bits per heavy atom. The van der Waals surface area contributed by atoms with Gasteiger partial charge in [0.15, 0.2) is 5.58 Å². The zero-order valence-electron chi connectivity index (χ0n) is 25.9. The molecule has 0 unspecified atom stereocenters. The van der Waals surface area contributed by atoms with Crippen LogP contribution in [0.25, 0.3) is 71.2 Å². The lowest BCUT2D eigenvalue weighted by Crippen LogP contribution is -2.24. The number of benzene rings is 7. The molecule has 0 bridgehead atoms. The van der Waals surface area contributed by atoms with Crippen LogP contribution in [0.2, 0.25) is 0 Å². The van der Waals surface area contributed by atoms with Gasteiger partial charge in [-0.3, -0.25) is 0 Å². The number of para-hydroxylation sites is 3. The summed E-state index contributed by atoms with van der Waals surface area (Å²) in [4.78, 5) is 0. The maximum atomic E-state index is 6.75. The van der Waals surface area contributed by atoms with Gasteiger partial charge >= 0.3 is 0 Å². The maximum Gasteiger partial charge on any atom is 0.160 e. The number of anilines is 2. The summed E-state index contributed by atoms with van der Waals surface area (Å²) in [5.74, 6) is 0.922. The molecule has 0 aliphatic carbocycles. The molecule has 46 heavy (non-hydrogen) atoms. The number of furan rings is 1. The Labute approximate surface area is 267 Å². The summed E-state index contributed by atoms with van der Waals surface area (Å²) in [5.41, 5.74) is 6.49. The molecule has 0 N–H and O–H groups in total. The number of nitrogens with zero attached hydrogens (tertiary/aromatic N) is 2. The van der Waals surface area contributed by atoms with Gasteiger partial charge in [0.2, 0.25) is 0 Å². The molecule has 0 aliphatic rings. The van der Waals surface area contributed by atoms with Crippen molar-refractivity contribution in [1.82, 2.24) is 4.68 Å². The van der Waals surface area contributed by atoms with Crippen LogP contribution in [0.15, 0.2) is 144 Å². The SMILES string of the molecule is C/C=C\c1oc2c(N(c3ccccc3)n3c4ccccc4c4ccc5ccc6c7ccccc7ccc6c5c43)cccc2c1CC. The normalized spacial score (nSPS) is 12.1. The molecule has 9 rings (SSSR count). The van der Waals surface area contributed by atoms with E-state index in [9.17, 15) is 0 Å². The van der Waals surface area contributed by atoms with E-state index in [4.69, 9.17) is 4.42 Å². The molecule has 0 saturated carbocycles. The Kier molecular flexibility index (Phi) is 6.01. The number of allylic oxidation sites excluding steroid dienone is 1. The summed E-state index contributed by atoms with van der Waals surface area (Å²) in [7, 11) is 0. The van der Waals surface area contributed by atoms with Crippen molar-refractivity contribution in [3.8, 4) is 0 Å². The number of hydrogen-bond donors (Lipinski definition) is 0. The molecule has 0 fully saturated rings. The molecule has 3 heteroatoms. The molecule has 7 aromatic carbocycles. The Morgan fingerprint density at radius 3 is 2.13 bits per heavy atom. The number of aromatic nitrogens is 1. The van der Waals surface area contributed by atoms with Gasteiger partial charge in [0, 0.05) is 27.1 Å². The van der Waals surface area contributed by atoms with Gasteiger partial charge in [0.25, 0.3) is 0 Å². The molecule has 0 radical (unpaired) electrons. The topological polar surface area (TPSA) is 21.3 Å². The maximum absolute atomic E-state index is 6.75. The van der Waals surface area contributed by atoms with E-state index < -0.39 is 0 Å². The van der Waals surface area contributed by atoms with Crippen LogP contribution in [-0.2, 0) is 6.42 Å². The highest BCUT2D eigenvalue weighted by Gasteiger charge is 2.25. The second-order valence-electron chi connectivity index (χ2n) is 11.9. The number of aryl methyl sites for hydroxylation is 1. The van der Waals surface area contributed by atoms with Crippen LogP contribution >= 0.6 is 0 Å². The minimum Gasteiger partial charge on any atom is -0.454 e. The summed E-state index contributed by atoms with van der Waals surface area (Å²) in [6.07, 6.45) is 5.03. The standard InChI is InChI=1S/C43H32N2O/c1-3-13-40-31(4-2)37-19-12-21-39(43(37)46-40)44(30-15-6-5-7-16-30)45-38-20-11-10-18-34(38)36-27-24-29-23-25-33-32-17-9-8-14-28(32)22-26-35(33)41(29)42(36)45/h3,5-27H,4H2,1-2H3/b13-3-. The summed E-state index contributed by atoms with van der Waals surface area (Å²) in [6.45, 7) is 4.24. The van der Waals surface area contributed by atoms with Gasteiger partial charge in [0.05, 0.1) is 16.7 Å². The summed E-state index contributed by atoms with van der Waals surface area (Å²) in [5, 5.41) is 13.4. The lowest BCUT2D eigenvalue weighted by molar-refractivity contribution is 0.598. The number of hydrogen-bond acceptors (Lipinski definition) is 2. The molecule has 0 amide bonds. The van der Waals surface area contributed by atoms with Gasteiger partial charge < -0.3 is 4.42 Å². The van der Waals surface area contributed by atoms with E-state index in [1.54, 1.807) is 0 Å². The zero-order chi connectivity index (χ0) is 30.8. The van der Waals surface area contributed by atoms with Gasteiger partial charge in [-0.05, 0) is 70.6 Å². The molecule has 0 atom stereocenters. The van der Waals surface area contributed by atoms with Gasteiger partial charge in [-0.25, -0.2) is 9.69 Å². The zero-order valence-corrected chi connectivity index (χ0v) is 25.9. The van der Waals surface area contributed by atoms with Gasteiger partial charge in [-0.15, -0.1) is 0 Å². The molecule has 3 nitrogen and oxygen atoms in total. The third-order valence-electron chi connectivity index (χ3n) is 9.44. The van der Waals surface area contributed by atoms with Crippen molar-refractivity contribution in [3.05, 3.63) is 151 Å². The third-order valence-corrected chi connectivity index (χ3v) is 9.44. The smallest absolute Gasteiger partial charge is 0.160 e. The Hall–Kier alpha value is -5.80. The van der Waals surface area contributed by atoms with E-state index >= 15 is 0 Å². The Bertz CT molecular complexity index is 2640. The molecule has 9 aromatic rings. The van der Waals surface area contributed by atoms with Crippen LogP contribution < -0.4 is 5.01 Å². The Balaban J connectivity index is 1.49. The molecular weight excluding hydrogens is 560 g/mol. The number of fused-ring (bicyclic) bond motifs is 10. The van der Waals surface area contributed by atoms with E-state index in [2.05, 4.69) is 162 Å². The largest absolute Gasteiger partial charge is 0.454 e. The van der Waals surface area contributed by atoms with Crippen LogP contribution in [0.4, 0.5) is 11.4 Å². The van der Waals surface area contributed by atoms with Crippen LogP contribution in [0.3, 0.4) is 0 Å². The lowest BCUT2D eigenvalue weighted by Gasteiger charge is -2.28. The fraction of sp³-hybridized carbons (Fsp3) is 0.0698. The highest BCUT2D eigenvalue weighted by atomic mass is 16.3. The van der Waals surface area contributed by atoms with E-state index in [0.717, 1.165) is 40.0 Å². The van der Waals surface area contributed by atoms with E-state index in [0.29, 0.717) is 0 Å². The fourth-order valence-corrected chi connectivity index (χ4v) is 7.47. The third kappa shape index (κ3) is 3.78. The number of rotatable bonds is 5. The second-order valence-corrected chi connectivity index (χ2v) is 11.9. The Morgan fingerprint density at radius 1 is 0.609 bits per heavy atom. The van der Waals surface area contributed by atoms with E-state index in [1.165, 1.54) is 54.2 Å². The summed E-state index contributed by atoms with van der Waals surface area (Å²) >= 11 is 0. The quantitative estimate of drug-likeness (QED) is 0.185. The first-order valence-electron chi connectivity index (χ1n) is 16.1. The van der Waals surface area contributed by atoms with Crippen molar-refractivity contribution >= 4 is 82.5 Å². The molecule has 0 spiro atoms. The monoisotopic (exact) mass is 592 g/mol. The average Bonchev–Trinajstić information content (AvgIpc) is 3.64. The highest BCUT2D eigenvalue weighted by Crippen LogP contribution is 2.44. The molecule has 2 aromatic heterocycles. The average molecular weight is 593 g/mol.